The Morgan fingerprint density at radius 3 is 2.43 bits per heavy atom. The summed E-state index contributed by atoms with van der Waals surface area (Å²) in [6.07, 6.45) is 5.99. The maximum absolute atomic E-state index is 12.2. The van der Waals surface area contributed by atoms with Gasteiger partial charge in [-0.15, -0.1) is 0 Å². The number of carbonyl (C=O) groups excluding carboxylic acids is 1. The summed E-state index contributed by atoms with van der Waals surface area (Å²) < 4.78 is 5.73. The zero-order valence-corrected chi connectivity index (χ0v) is 14.3. The van der Waals surface area contributed by atoms with Gasteiger partial charge in [-0.05, 0) is 37.8 Å². The number of carbonyl (C=O) groups is 1. The third-order valence-electron chi connectivity index (χ3n) is 4.57. The lowest BCUT2D eigenvalue weighted by Gasteiger charge is -2.18. The van der Waals surface area contributed by atoms with Crippen molar-refractivity contribution in [3.05, 3.63) is 29.3 Å². The van der Waals surface area contributed by atoms with Crippen molar-refractivity contribution in [2.24, 2.45) is 5.92 Å². The second-order valence-corrected chi connectivity index (χ2v) is 6.62. The standard InChI is InChI=1S/C19H29NO3/c1-14-8-7-9-15(2)18(14)23-13-17(21)12-20-19(22)16-10-5-3-4-6-11-16/h7-9,16-17,21H,3-6,10-13H2,1-2H3,(H,20,22). The fraction of sp³-hybridized carbons (Fsp3) is 0.632. The molecule has 4 nitrogen and oxygen atoms in total. The highest BCUT2D eigenvalue weighted by molar-refractivity contribution is 5.78. The average molecular weight is 319 g/mol. The van der Waals surface area contributed by atoms with Crippen LogP contribution in [-0.4, -0.2) is 30.3 Å². The molecule has 1 saturated carbocycles. The van der Waals surface area contributed by atoms with Crippen LogP contribution in [0.25, 0.3) is 0 Å². The minimum atomic E-state index is -0.691. The summed E-state index contributed by atoms with van der Waals surface area (Å²) in [5.74, 6) is 1.02. The van der Waals surface area contributed by atoms with Crippen LogP contribution in [0.15, 0.2) is 18.2 Å². The molecule has 0 saturated heterocycles. The summed E-state index contributed by atoms with van der Waals surface area (Å²) in [7, 11) is 0. The van der Waals surface area contributed by atoms with Crippen molar-refractivity contribution in [3.8, 4) is 5.75 Å². The van der Waals surface area contributed by atoms with E-state index in [4.69, 9.17) is 4.74 Å². The monoisotopic (exact) mass is 319 g/mol. The van der Waals surface area contributed by atoms with E-state index in [1.165, 1.54) is 12.8 Å². The second kappa shape index (κ2) is 8.92. The SMILES string of the molecule is Cc1cccc(C)c1OCC(O)CNC(=O)C1CCCCCC1. The van der Waals surface area contributed by atoms with E-state index in [9.17, 15) is 9.90 Å². The third kappa shape index (κ3) is 5.54. The fourth-order valence-corrected chi connectivity index (χ4v) is 3.17. The van der Waals surface area contributed by atoms with Crippen LogP contribution < -0.4 is 10.1 Å². The Labute approximate surface area is 139 Å². The van der Waals surface area contributed by atoms with Gasteiger partial charge in [0.25, 0.3) is 0 Å². The summed E-state index contributed by atoms with van der Waals surface area (Å²) in [5, 5.41) is 12.9. The number of aliphatic hydroxyl groups excluding tert-OH is 1. The van der Waals surface area contributed by atoms with Crippen LogP contribution in [0.4, 0.5) is 0 Å². The van der Waals surface area contributed by atoms with Gasteiger partial charge in [-0.2, -0.15) is 0 Å². The third-order valence-corrected chi connectivity index (χ3v) is 4.57. The quantitative estimate of drug-likeness (QED) is 0.792. The number of para-hydroxylation sites is 1. The largest absolute Gasteiger partial charge is 0.490 e. The van der Waals surface area contributed by atoms with E-state index in [1.54, 1.807) is 0 Å². The van der Waals surface area contributed by atoms with E-state index in [1.807, 2.05) is 32.0 Å². The number of benzene rings is 1. The Kier molecular flexibility index (Phi) is 6.90. The summed E-state index contributed by atoms with van der Waals surface area (Å²) in [5.41, 5.74) is 2.11. The van der Waals surface area contributed by atoms with Gasteiger partial charge in [-0.3, -0.25) is 4.79 Å². The number of hydrogen-bond acceptors (Lipinski definition) is 3. The molecule has 2 N–H and O–H groups in total. The molecule has 1 atom stereocenters. The van der Waals surface area contributed by atoms with Gasteiger partial charge in [-0.25, -0.2) is 0 Å². The van der Waals surface area contributed by atoms with Crippen molar-refractivity contribution in [2.45, 2.75) is 58.5 Å². The molecule has 1 fully saturated rings. The van der Waals surface area contributed by atoms with Gasteiger partial charge in [0.05, 0.1) is 0 Å². The van der Waals surface area contributed by atoms with Crippen LogP contribution in [0, 0.1) is 19.8 Å². The molecule has 4 heteroatoms. The minimum absolute atomic E-state index is 0.0815. The Morgan fingerprint density at radius 1 is 1.22 bits per heavy atom. The van der Waals surface area contributed by atoms with Crippen molar-refractivity contribution in [3.63, 3.8) is 0 Å². The molecule has 1 amide bonds. The smallest absolute Gasteiger partial charge is 0.223 e. The first-order valence-corrected chi connectivity index (χ1v) is 8.72. The minimum Gasteiger partial charge on any atom is -0.490 e. The summed E-state index contributed by atoms with van der Waals surface area (Å²) in [6, 6.07) is 5.96. The highest BCUT2D eigenvalue weighted by atomic mass is 16.5. The van der Waals surface area contributed by atoms with E-state index in [0.717, 1.165) is 42.6 Å². The van der Waals surface area contributed by atoms with Gasteiger partial charge in [0.15, 0.2) is 0 Å². The first kappa shape index (κ1) is 17.8. The average Bonchev–Trinajstić information content (AvgIpc) is 2.81. The fourth-order valence-electron chi connectivity index (χ4n) is 3.17. The van der Waals surface area contributed by atoms with Crippen molar-refractivity contribution < 1.29 is 14.6 Å². The Hall–Kier alpha value is -1.55. The van der Waals surface area contributed by atoms with Crippen molar-refractivity contribution in [1.29, 1.82) is 0 Å². The molecule has 0 radical (unpaired) electrons. The van der Waals surface area contributed by atoms with Crippen LogP contribution in [0.5, 0.6) is 5.75 Å². The molecule has 1 aliphatic carbocycles. The number of nitrogens with one attached hydrogen (secondary N) is 1. The number of rotatable bonds is 6. The number of amides is 1. The Morgan fingerprint density at radius 2 is 1.83 bits per heavy atom. The van der Waals surface area contributed by atoms with E-state index in [2.05, 4.69) is 5.32 Å². The van der Waals surface area contributed by atoms with Gasteiger partial charge in [0.2, 0.25) is 5.91 Å². The van der Waals surface area contributed by atoms with Crippen molar-refractivity contribution >= 4 is 5.91 Å². The topological polar surface area (TPSA) is 58.6 Å². The molecule has 0 heterocycles. The number of ether oxygens (including phenoxy) is 1. The lowest BCUT2D eigenvalue weighted by molar-refractivity contribution is -0.125. The molecule has 1 aromatic carbocycles. The molecule has 128 valence electrons. The van der Waals surface area contributed by atoms with Gasteiger partial charge in [0, 0.05) is 12.5 Å². The zero-order chi connectivity index (χ0) is 16.7. The van der Waals surface area contributed by atoms with E-state index >= 15 is 0 Å². The first-order chi connectivity index (χ1) is 11.1. The maximum Gasteiger partial charge on any atom is 0.223 e. The maximum atomic E-state index is 12.2. The van der Waals surface area contributed by atoms with Crippen LogP contribution in [-0.2, 0) is 4.79 Å². The van der Waals surface area contributed by atoms with E-state index in [0.29, 0.717) is 0 Å². The first-order valence-electron chi connectivity index (χ1n) is 8.72. The van der Waals surface area contributed by atoms with Crippen LogP contribution in [0.3, 0.4) is 0 Å². The number of aryl methyl sites for hydroxylation is 2. The highest BCUT2D eigenvalue weighted by Gasteiger charge is 2.20. The molecule has 0 spiro atoms. The molecule has 0 aromatic heterocycles. The molecular formula is C19H29NO3. The summed E-state index contributed by atoms with van der Waals surface area (Å²) >= 11 is 0. The van der Waals surface area contributed by atoms with Crippen molar-refractivity contribution in [2.75, 3.05) is 13.2 Å². The van der Waals surface area contributed by atoms with Gasteiger partial charge < -0.3 is 15.2 Å². The molecule has 0 bridgehead atoms. The number of hydrogen-bond donors (Lipinski definition) is 2. The molecule has 1 aromatic rings. The van der Waals surface area contributed by atoms with Crippen LogP contribution in [0.1, 0.15) is 49.7 Å². The lowest BCUT2D eigenvalue weighted by atomic mass is 9.99. The van der Waals surface area contributed by atoms with Gasteiger partial charge in [-0.1, -0.05) is 43.9 Å². The van der Waals surface area contributed by atoms with Crippen LogP contribution in [0.2, 0.25) is 0 Å². The summed E-state index contributed by atoms with van der Waals surface area (Å²) in [6.45, 7) is 4.42. The Bertz CT molecular complexity index is 487. The summed E-state index contributed by atoms with van der Waals surface area (Å²) in [4.78, 5) is 12.2. The number of aliphatic hydroxyl groups is 1. The molecule has 1 unspecified atom stereocenters. The zero-order valence-electron chi connectivity index (χ0n) is 14.3. The Balaban J connectivity index is 1.74. The van der Waals surface area contributed by atoms with Gasteiger partial charge >= 0.3 is 0 Å². The molecule has 23 heavy (non-hydrogen) atoms. The second-order valence-electron chi connectivity index (χ2n) is 6.62. The van der Waals surface area contributed by atoms with Gasteiger partial charge in [0.1, 0.15) is 18.5 Å². The molecular weight excluding hydrogens is 290 g/mol. The molecule has 2 rings (SSSR count). The lowest BCUT2D eigenvalue weighted by Crippen LogP contribution is -2.38. The molecule has 1 aliphatic rings. The normalized spacial score (nSPS) is 17.3. The predicted octanol–water partition coefficient (Wildman–Crippen LogP) is 3.13. The molecule has 0 aliphatic heterocycles. The highest BCUT2D eigenvalue weighted by Crippen LogP contribution is 2.23. The van der Waals surface area contributed by atoms with Crippen molar-refractivity contribution in [1.82, 2.24) is 5.32 Å². The van der Waals surface area contributed by atoms with E-state index < -0.39 is 6.10 Å². The van der Waals surface area contributed by atoms with E-state index in [-0.39, 0.29) is 25.0 Å². The van der Waals surface area contributed by atoms with Crippen LogP contribution >= 0.6 is 0 Å². The predicted molar refractivity (Wildman–Crippen MR) is 91.6 cm³/mol.